The molecule has 1 aliphatic carbocycles. The Hall–Kier alpha value is -2.08. The second-order valence-electron chi connectivity index (χ2n) is 5.10. The number of allylic oxidation sites excluding steroid dienone is 1. The molecular weight excluding hydrogens is 226 g/mol. The zero-order chi connectivity index (χ0) is 12.8. The summed E-state index contributed by atoms with van der Waals surface area (Å²) in [6, 6.07) is 12.0. The predicted molar refractivity (Wildman–Crippen MR) is 66.1 cm³/mol. The van der Waals surface area contributed by atoms with Crippen LogP contribution in [0.1, 0.15) is 12.5 Å². The van der Waals surface area contributed by atoms with Gasteiger partial charge in [0.1, 0.15) is 0 Å². The molecule has 0 radical (unpaired) electrons. The van der Waals surface area contributed by atoms with Gasteiger partial charge in [0.05, 0.1) is 12.7 Å². The van der Waals surface area contributed by atoms with E-state index >= 15 is 0 Å². The normalized spacial score (nSPS) is 37.1. The van der Waals surface area contributed by atoms with Gasteiger partial charge in [0.15, 0.2) is 5.41 Å². The van der Waals surface area contributed by atoms with Gasteiger partial charge >= 0.3 is 5.97 Å². The fourth-order valence-corrected chi connectivity index (χ4v) is 2.99. The van der Waals surface area contributed by atoms with E-state index in [-0.39, 0.29) is 17.3 Å². The Balaban J connectivity index is 1.90. The van der Waals surface area contributed by atoms with Gasteiger partial charge in [-0.15, -0.1) is 0 Å². The Morgan fingerprint density at radius 2 is 2.17 bits per heavy atom. The van der Waals surface area contributed by atoms with E-state index in [0.717, 1.165) is 5.56 Å². The Bertz CT molecular complexity index is 572. The quantitative estimate of drug-likeness (QED) is 0.744. The highest BCUT2D eigenvalue weighted by molar-refractivity contribution is 5.90. The number of cyclic esters (lactones) is 1. The Morgan fingerprint density at radius 1 is 1.44 bits per heavy atom. The molecule has 1 aromatic carbocycles. The summed E-state index contributed by atoms with van der Waals surface area (Å²) < 4.78 is 4.96. The lowest BCUT2D eigenvalue weighted by Gasteiger charge is -2.12. The van der Waals surface area contributed by atoms with Gasteiger partial charge in [0.25, 0.3) is 0 Å². The van der Waals surface area contributed by atoms with Crippen molar-refractivity contribution in [2.75, 3.05) is 6.61 Å². The van der Waals surface area contributed by atoms with Crippen LogP contribution >= 0.6 is 0 Å². The van der Waals surface area contributed by atoms with Gasteiger partial charge in [0, 0.05) is 11.3 Å². The number of ether oxygens (including phenoxy) is 1. The summed E-state index contributed by atoms with van der Waals surface area (Å²) in [6.45, 7) is 2.32. The lowest BCUT2D eigenvalue weighted by atomic mass is 9.94. The molecule has 3 atom stereocenters. The summed E-state index contributed by atoms with van der Waals surface area (Å²) in [5.74, 6) is -0.363. The van der Waals surface area contributed by atoms with Crippen LogP contribution in [0.25, 0.3) is 6.08 Å². The monoisotopic (exact) mass is 239 g/mol. The van der Waals surface area contributed by atoms with E-state index in [4.69, 9.17) is 4.74 Å². The van der Waals surface area contributed by atoms with Crippen LogP contribution in [0.3, 0.4) is 0 Å². The minimum absolute atomic E-state index is 0.00228. The average molecular weight is 239 g/mol. The second kappa shape index (κ2) is 3.46. The average Bonchev–Trinajstić information content (AvgIpc) is 2.72. The molecule has 1 aromatic rings. The first-order valence-electron chi connectivity index (χ1n) is 5.98. The maximum Gasteiger partial charge on any atom is 0.327 e. The number of carbonyl (C=O) groups excluding carboxylic acids is 1. The number of nitriles is 1. The van der Waals surface area contributed by atoms with Crippen molar-refractivity contribution in [3.8, 4) is 6.07 Å². The Labute approximate surface area is 106 Å². The van der Waals surface area contributed by atoms with Crippen LogP contribution in [0.2, 0.25) is 0 Å². The number of carbonyl (C=O) groups is 1. The van der Waals surface area contributed by atoms with Crippen molar-refractivity contribution in [3.05, 3.63) is 42.0 Å². The van der Waals surface area contributed by atoms with Gasteiger partial charge in [-0.3, -0.25) is 4.79 Å². The number of hydrogen-bond donors (Lipinski definition) is 0. The van der Waals surface area contributed by atoms with E-state index < -0.39 is 5.41 Å². The molecule has 0 N–H and O–H groups in total. The van der Waals surface area contributed by atoms with E-state index in [1.54, 1.807) is 0 Å². The molecule has 18 heavy (non-hydrogen) atoms. The smallest absolute Gasteiger partial charge is 0.327 e. The first-order chi connectivity index (χ1) is 8.65. The molecule has 1 saturated heterocycles. The van der Waals surface area contributed by atoms with Gasteiger partial charge in [-0.2, -0.15) is 5.26 Å². The largest absolute Gasteiger partial charge is 0.464 e. The molecule has 0 unspecified atom stereocenters. The maximum atomic E-state index is 11.7. The molecule has 1 saturated carbocycles. The molecule has 3 heteroatoms. The number of fused-ring (bicyclic) bond motifs is 1. The Kier molecular flexibility index (Phi) is 2.12. The van der Waals surface area contributed by atoms with Gasteiger partial charge in [0.2, 0.25) is 0 Å². The summed E-state index contributed by atoms with van der Waals surface area (Å²) in [5, 5.41) is 9.29. The molecule has 0 amide bonds. The highest BCUT2D eigenvalue weighted by Crippen LogP contribution is 2.73. The fraction of sp³-hybridized carbons (Fsp3) is 0.333. The molecule has 2 fully saturated rings. The lowest BCUT2D eigenvalue weighted by molar-refractivity contribution is -0.144. The van der Waals surface area contributed by atoms with E-state index in [9.17, 15) is 10.1 Å². The van der Waals surface area contributed by atoms with Crippen molar-refractivity contribution in [1.29, 1.82) is 5.26 Å². The van der Waals surface area contributed by atoms with Crippen molar-refractivity contribution in [3.63, 3.8) is 0 Å². The van der Waals surface area contributed by atoms with Crippen molar-refractivity contribution in [2.45, 2.75) is 6.92 Å². The Morgan fingerprint density at radius 3 is 2.78 bits per heavy atom. The standard InChI is InChI=1S/C15H13NO2/c1-14(8-7-11-5-3-2-4-6-11)12-9-18-13(17)15(12,14)10-16/h2-8,12H,9H2,1H3/b8-7+/t12-,14-,15+/m0/s1. The van der Waals surface area contributed by atoms with Gasteiger partial charge in [-0.05, 0) is 5.56 Å². The summed E-state index contributed by atoms with van der Waals surface area (Å²) in [7, 11) is 0. The maximum absolute atomic E-state index is 11.7. The minimum Gasteiger partial charge on any atom is -0.464 e. The van der Waals surface area contributed by atoms with Crippen LogP contribution < -0.4 is 0 Å². The molecule has 2 aliphatic rings. The number of rotatable bonds is 2. The highest BCUT2D eigenvalue weighted by Gasteiger charge is 2.82. The van der Waals surface area contributed by atoms with E-state index in [0.29, 0.717) is 6.61 Å². The van der Waals surface area contributed by atoms with E-state index in [1.807, 2.05) is 49.4 Å². The van der Waals surface area contributed by atoms with Crippen LogP contribution in [0.5, 0.6) is 0 Å². The fourth-order valence-electron chi connectivity index (χ4n) is 2.99. The van der Waals surface area contributed by atoms with Crippen LogP contribution in [-0.2, 0) is 9.53 Å². The molecule has 0 bridgehead atoms. The summed E-state index contributed by atoms with van der Waals surface area (Å²) >= 11 is 0. The van der Waals surface area contributed by atoms with Crippen LogP contribution in [0, 0.1) is 28.1 Å². The molecule has 3 rings (SSSR count). The first-order valence-corrected chi connectivity index (χ1v) is 5.98. The summed E-state index contributed by atoms with van der Waals surface area (Å²) in [5.41, 5.74) is -0.254. The zero-order valence-corrected chi connectivity index (χ0v) is 10.1. The second-order valence-corrected chi connectivity index (χ2v) is 5.10. The number of hydrogen-bond acceptors (Lipinski definition) is 3. The molecule has 0 aromatic heterocycles. The van der Waals surface area contributed by atoms with Crippen LogP contribution in [0.15, 0.2) is 36.4 Å². The topological polar surface area (TPSA) is 50.1 Å². The third-order valence-corrected chi connectivity index (χ3v) is 4.31. The molecule has 3 nitrogen and oxygen atoms in total. The third kappa shape index (κ3) is 1.15. The number of esters is 1. The SMILES string of the molecule is C[C@]1(/C=C/c2ccccc2)[C@@H]2COC(=O)[C@@]21C#N. The zero-order valence-electron chi connectivity index (χ0n) is 10.1. The predicted octanol–water partition coefficient (Wildman–Crippen LogP) is 2.40. The molecular formula is C15H13NO2. The van der Waals surface area contributed by atoms with Crippen molar-refractivity contribution in [2.24, 2.45) is 16.7 Å². The van der Waals surface area contributed by atoms with E-state index in [2.05, 4.69) is 6.07 Å². The van der Waals surface area contributed by atoms with Gasteiger partial charge in [-0.1, -0.05) is 49.4 Å². The third-order valence-electron chi connectivity index (χ3n) is 4.31. The summed E-state index contributed by atoms with van der Waals surface area (Å²) in [4.78, 5) is 11.7. The highest BCUT2D eigenvalue weighted by atomic mass is 16.5. The number of benzene rings is 1. The van der Waals surface area contributed by atoms with E-state index in [1.165, 1.54) is 0 Å². The molecule has 0 spiro atoms. The van der Waals surface area contributed by atoms with Crippen molar-refractivity contribution in [1.82, 2.24) is 0 Å². The molecule has 1 aliphatic heterocycles. The number of nitrogens with zero attached hydrogens (tertiary/aromatic N) is 1. The van der Waals surface area contributed by atoms with Crippen LogP contribution in [-0.4, -0.2) is 12.6 Å². The molecule has 1 heterocycles. The van der Waals surface area contributed by atoms with Gasteiger partial charge < -0.3 is 4.74 Å². The van der Waals surface area contributed by atoms with Crippen molar-refractivity contribution < 1.29 is 9.53 Å². The lowest BCUT2D eigenvalue weighted by Crippen LogP contribution is -2.20. The summed E-state index contributed by atoms with van der Waals surface area (Å²) in [6.07, 6.45) is 3.96. The molecule has 90 valence electrons. The van der Waals surface area contributed by atoms with Gasteiger partial charge in [-0.25, -0.2) is 0 Å². The first kappa shape index (κ1) is 11.0. The van der Waals surface area contributed by atoms with Crippen LogP contribution in [0.4, 0.5) is 0 Å². The minimum atomic E-state index is -0.946. The van der Waals surface area contributed by atoms with Crippen molar-refractivity contribution >= 4 is 12.0 Å².